The van der Waals surface area contributed by atoms with Gasteiger partial charge in [-0.25, -0.2) is 4.98 Å². The summed E-state index contributed by atoms with van der Waals surface area (Å²) >= 11 is 5.76. The van der Waals surface area contributed by atoms with Crippen molar-refractivity contribution >= 4 is 23.2 Å². The lowest BCUT2D eigenvalue weighted by atomic mass is 10.2. The van der Waals surface area contributed by atoms with Gasteiger partial charge in [-0.2, -0.15) is 0 Å². The predicted molar refractivity (Wildman–Crippen MR) is 71.4 cm³/mol. The standard InChI is InChI=1S/C11H15ClN4O3/c1-3-15(2)5-4-13-11(17)9-6-8(16(18)19)7-14-10(9)12/h6-7H,3-5H2,1-2H3,(H,13,17). The number of carbonyl (C=O) groups excluding carboxylic acids is 1. The van der Waals surface area contributed by atoms with E-state index in [9.17, 15) is 14.9 Å². The smallest absolute Gasteiger partial charge is 0.288 e. The van der Waals surface area contributed by atoms with Gasteiger partial charge in [0, 0.05) is 19.2 Å². The highest BCUT2D eigenvalue weighted by molar-refractivity contribution is 6.32. The third-order valence-electron chi connectivity index (χ3n) is 2.60. The van der Waals surface area contributed by atoms with Crippen molar-refractivity contribution in [1.29, 1.82) is 0 Å². The molecule has 1 heterocycles. The Morgan fingerprint density at radius 1 is 1.63 bits per heavy atom. The Labute approximate surface area is 115 Å². The van der Waals surface area contributed by atoms with Crippen LogP contribution in [-0.2, 0) is 0 Å². The minimum Gasteiger partial charge on any atom is -0.351 e. The number of carbonyl (C=O) groups is 1. The molecule has 0 saturated carbocycles. The maximum Gasteiger partial charge on any atom is 0.288 e. The van der Waals surface area contributed by atoms with Crippen LogP contribution in [0.2, 0.25) is 5.15 Å². The molecule has 1 rings (SSSR count). The fraction of sp³-hybridized carbons (Fsp3) is 0.455. The second-order valence-electron chi connectivity index (χ2n) is 3.94. The van der Waals surface area contributed by atoms with Crippen LogP contribution in [0.5, 0.6) is 0 Å². The maximum absolute atomic E-state index is 11.8. The van der Waals surface area contributed by atoms with Crippen molar-refractivity contribution in [3.8, 4) is 0 Å². The number of aromatic nitrogens is 1. The Bertz CT molecular complexity index is 481. The highest BCUT2D eigenvalue weighted by Gasteiger charge is 2.16. The van der Waals surface area contributed by atoms with E-state index in [1.807, 2.05) is 18.9 Å². The van der Waals surface area contributed by atoms with Crippen LogP contribution in [0.3, 0.4) is 0 Å². The number of amides is 1. The van der Waals surface area contributed by atoms with E-state index in [1.54, 1.807) is 0 Å². The van der Waals surface area contributed by atoms with Crippen LogP contribution in [0.4, 0.5) is 5.69 Å². The van der Waals surface area contributed by atoms with Gasteiger partial charge in [-0.05, 0) is 13.6 Å². The molecule has 0 aliphatic carbocycles. The zero-order valence-electron chi connectivity index (χ0n) is 10.7. The molecule has 0 saturated heterocycles. The van der Waals surface area contributed by atoms with Gasteiger partial charge in [-0.3, -0.25) is 14.9 Å². The summed E-state index contributed by atoms with van der Waals surface area (Å²) < 4.78 is 0. The van der Waals surface area contributed by atoms with Crippen LogP contribution in [0.1, 0.15) is 17.3 Å². The molecule has 0 atom stereocenters. The number of pyridine rings is 1. The number of nitro groups is 1. The number of likely N-dealkylation sites (N-methyl/N-ethyl adjacent to an activating group) is 1. The number of hydrogen-bond acceptors (Lipinski definition) is 5. The first-order valence-electron chi connectivity index (χ1n) is 5.72. The van der Waals surface area contributed by atoms with E-state index < -0.39 is 10.8 Å². The second kappa shape index (κ2) is 7.01. The molecule has 1 aromatic heterocycles. The normalized spacial score (nSPS) is 10.5. The van der Waals surface area contributed by atoms with Crippen molar-refractivity contribution in [3.05, 3.63) is 33.1 Å². The molecule has 0 bridgehead atoms. The topological polar surface area (TPSA) is 88.4 Å². The highest BCUT2D eigenvalue weighted by atomic mass is 35.5. The molecule has 1 amide bonds. The summed E-state index contributed by atoms with van der Waals surface area (Å²) in [5, 5.41) is 13.2. The van der Waals surface area contributed by atoms with E-state index in [4.69, 9.17) is 11.6 Å². The number of halogens is 1. The Morgan fingerprint density at radius 2 is 2.32 bits per heavy atom. The number of nitrogens with zero attached hydrogens (tertiary/aromatic N) is 3. The first kappa shape index (κ1) is 15.3. The van der Waals surface area contributed by atoms with Crippen LogP contribution in [0, 0.1) is 10.1 Å². The minimum absolute atomic E-state index is 0.00928. The monoisotopic (exact) mass is 286 g/mol. The predicted octanol–water partition coefficient (Wildman–Crippen LogP) is 1.32. The Hall–Kier alpha value is -1.73. The van der Waals surface area contributed by atoms with Crippen LogP contribution < -0.4 is 5.32 Å². The quantitative estimate of drug-likeness (QED) is 0.484. The number of nitrogens with one attached hydrogen (secondary N) is 1. The molecule has 0 aliphatic rings. The Balaban J connectivity index is 2.71. The SMILES string of the molecule is CCN(C)CCNC(=O)c1cc([N+](=O)[O-])cnc1Cl. The zero-order chi connectivity index (χ0) is 14.4. The molecule has 7 nitrogen and oxygen atoms in total. The minimum atomic E-state index is -0.620. The third-order valence-corrected chi connectivity index (χ3v) is 2.90. The van der Waals surface area contributed by atoms with Crippen LogP contribution in [-0.4, -0.2) is 47.4 Å². The van der Waals surface area contributed by atoms with Gasteiger partial charge in [0.15, 0.2) is 0 Å². The molecule has 0 aromatic carbocycles. The summed E-state index contributed by atoms with van der Waals surface area (Å²) in [6, 6.07) is 1.12. The highest BCUT2D eigenvalue weighted by Crippen LogP contribution is 2.18. The Morgan fingerprint density at radius 3 is 2.89 bits per heavy atom. The largest absolute Gasteiger partial charge is 0.351 e. The van der Waals surface area contributed by atoms with Gasteiger partial charge in [0.05, 0.1) is 10.5 Å². The fourth-order valence-electron chi connectivity index (χ4n) is 1.31. The fourth-order valence-corrected chi connectivity index (χ4v) is 1.50. The van der Waals surface area contributed by atoms with Gasteiger partial charge < -0.3 is 10.2 Å². The first-order chi connectivity index (χ1) is 8.95. The summed E-state index contributed by atoms with van der Waals surface area (Å²) in [6.07, 6.45) is 1.02. The average molecular weight is 287 g/mol. The number of hydrogen-bond donors (Lipinski definition) is 1. The van der Waals surface area contributed by atoms with Gasteiger partial charge in [-0.15, -0.1) is 0 Å². The van der Waals surface area contributed by atoms with Gasteiger partial charge in [0.1, 0.15) is 11.3 Å². The summed E-state index contributed by atoms with van der Waals surface area (Å²) in [5.74, 6) is -0.467. The second-order valence-corrected chi connectivity index (χ2v) is 4.30. The molecule has 1 aromatic rings. The van der Waals surface area contributed by atoms with Crippen molar-refractivity contribution in [2.45, 2.75) is 6.92 Å². The summed E-state index contributed by atoms with van der Waals surface area (Å²) in [7, 11) is 1.92. The zero-order valence-corrected chi connectivity index (χ0v) is 11.5. The Kier molecular flexibility index (Phi) is 5.65. The molecule has 8 heteroatoms. The molecule has 0 spiro atoms. The van der Waals surface area contributed by atoms with Gasteiger partial charge in [0.25, 0.3) is 11.6 Å². The van der Waals surface area contributed by atoms with Crippen molar-refractivity contribution in [2.24, 2.45) is 0 Å². The molecule has 0 radical (unpaired) electrons. The van der Waals surface area contributed by atoms with E-state index in [0.717, 1.165) is 18.8 Å². The van der Waals surface area contributed by atoms with Crippen molar-refractivity contribution in [3.63, 3.8) is 0 Å². The van der Waals surface area contributed by atoms with Crippen LogP contribution in [0.15, 0.2) is 12.3 Å². The first-order valence-corrected chi connectivity index (χ1v) is 6.10. The molecule has 19 heavy (non-hydrogen) atoms. The summed E-state index contributed by atoms with van der Waals surface area (Å²) in [4.78, 5) is 27.5. The molecule has 0 unspecified atom stereocenters. The molecular formula is C11H15ClN4O3. The van der Waals surface area contributed by atoms with E-state index in [1.165, 1.54) is 0 Å². The van der Waals surface area contributed by atoms with Crippen LogP contribution in [0.25, 0.3) is 0 Å². The van der Waals surface area contributed by atoms with E-state index in [0.29, 0.717) is 13.1 Å². The third kappa shape index (κ3) is 4.46. The van der Waals surface area contributed by atoms with E-state index in [2.05, 4.69) is 10.3 Å². The number of rotatable bonds is 6. The van der Waals surface area contributed by atoms with Crippen molar-refractivity contribution < 1.29 is 9.72 Å². The van der Waals surface area contributed by atoms with E-state index >= 15 is 0 Å². The molecule has 0 fully saturated rings. The van der Waals surface area contributed by atoms with Gasteiger partial charge >= 0.3 is 0 Å². The van der Waals surface area contributed by atoms with Crippen molar-refractivity contribution in [1.82, 2.24) is 15.2 Å². The van der Waals surface area contributed by atoms with Crippen molar-refractivity contribution in [2.75, 3.05) is 26.7 Å². The van der Waals surface area contributed by atoms with Gasteiger partial charge in [0.2, 0.25) is 0 Å². The summed E-state index contributed by atoms with van der Waals surface area (Å²) in [6.45, 7) is 3.99. The molecule has 1 N–H and O–H groups in total. The maximum atomic E-state index is 11.8. The van der Waals surface area contributed by atoms with Crippen LogP contribution >= 0.6 is 11.6 Å². The van der Waals surface area contributed by atoms with Gasteiger partial charge in [-0.1, -0.05) is 18.5 Å². The lowest BCUT2D eigenvalue weighted by Gasteiger charge is -2.14. The summed E-state index contributed by atoms with van der Waals surface area (Å²) in [5.41, 5.74) is -0.254. The molecule has 0 aliphatic heterocycles. The lowest BCUT2D eigenvalue weighted by Crippen LogP contribution is -2.33. The molecular weight excluding hydrogens is 272 g/mol. The molecule has 104 valence electrons. The average Bonchev–Trinajstić information content (AvgIpc) is 2.38. The van der Waals surface area contributed by atoms with E-state index in [-0.39, 0.29) is 16.4 Å². The lowest BCUT2D eigenvalue weighted by molar-refractivity contribution is -0.385.